The molecule has 27 heavy (non-hydrogen) atoms. The molecule has 0 saturated heterocycles. The zero-order chi connectivity index (χ0) is 19.5. The third kappa shape index (κ3) is 7.03. The average molecular weight is 367 g/mol. The first-order chi connectivity index (χ1) is 13.1. The lowest BCUT2D eigenvalue weighted by molar-refractivity contribution is -0.124. The van der Waals surface area contributed by atoms with Crippen molar-refractivity contribution in [1.29, 1.82) is 0 Å². The molecule has 0 radical (unpaired) electrons. The number of amides is 3. The normalized spacial score (nSPS) is 10.3. The second-order valence-corrected chi connectivity index (χ2v) is 5.42. The molecule has 7 heteroatoms. The molecule has 0 saturated carbocycles. The number of hydrogen-bond acceptors (Lipinski definition) is 4. The Kier molecular flexibility index (Phi) is 7.59. The molecule has 0 aliphatic carbocycles. The van der Waals surface area contributed by atoms with Crippen molar-refractivity contribution in [3.63, 3.8) is 0 Å². The third-order valence-electron chi connectivity index (χ3n) is 3.39. The van der Waals surface area contributed by atoms with Crippen LogP contribution >= 0.6 is 0 Å². The van der Waals surface area contributed by atoms with Crippen molar-refractivity contribution in [1.82, 2.24) is 16.2 Å². The van der Waals surface area contributed by atoms with Crippen LogP contribution < -0.4 is 20.9 Å². The highest BCUT2D eigenvalue weighted by molar-refractivity contribution is 5.97. The van der Waals surface area contributed by atoms with Crippen LogP contribution in [0.2, 0.25) is 0 Å². The number of carbonyl (C=O) groups excluding carboxylic acids is 3. The summed E-state index contributed by atoms with van der Waals surface area (Å²) in [5.41, 5.74) is 5.77. The summed E-state index contributed by atoms with van der Waals surface area (Å²) < 4.78 is 5.29. The fourth-order valence-corrected chi connectivity index (χ4v) is 2.07. The summed E-state index contributed by atoms with van der Waals surface area (Å²) >= 11 is 0. The van der Waals surface area contributed by atoms with Crippen molar-refractivity contribution >= 4 is 23.8 Å². The van der Waals surface area contributed by atoms with Crippen LogP contribution in [0.4, 0.5) is 0 Å². The molecule has 2 aromatic rings. The van der Waals surface area contributed by atoms with E-state index >= 15 is 0 Å². The topological polar surface area (TPSA) is 96.5 Å². The first kappa shape index (κ1) is 19.7. The van der Waals surface area contributed by atoms with Crippen LogP contribution in [-0.2, 0) is 9.59 Å². The summed E-state index contributed by atoms with van der Waals surface area (Å²) in [6.07, 6.45) is 2.97. The molecule has 3 N–H and O–H groups in total. The molecular formula is C20H21N3O4. The highest BCUT2D eigenvalue weighted by atomic mass is 16.5. The van der Waals surface area contributed by atoms with E-state index in [2.05, 4.69) is 16.2 Å². The highest BCUT2D eigenvalue weighted by Gasteiger charge is 2.08. The molecule has 0 aliphatic rings. The SMILES string of the molecule is CCOc1ccc(C(=O)NNC(=O)CNC(=O)/C=C/c2ccccc2)cc1. The number of benzene rings is 2. The van der Waals surface area contributed by atoms with E-state index in [1.807, 2.05) is 37.3 Å². The van der Waals surface area contributed by atoms with E-state index in [-0.39, 0.29) is 6.54 Å². The molecule has 0 aromatic heterocycles. The van der Waals surface area contributed by atoms with Gasteiger partial charge in [-0.05, 0) is 42.8 Å². The monoisotopic (exact) mass is 367 g/mol. The summed E-state index contributed by atoms with van der Waals surface area (Å²) in [5.74, 6) is -0.770. The molecule has 2 rings (SSSR count). The van der Waals surface area contributed by atoms with Crippen molar-refractivity contribution in [2.24, 2.45) is 0 Å². The lowest BCUT2D eigenvalue weighted by Crippen LogP contribution is -2.46. The zero-order valence-electron chi connectivity index (χ0n) is 14.9. The number of hydrazine groups is 1. The lowest BCUT2D eigenvalue weighted by atomic mass is 10.2. The number of ether oxygens (including phenoxy) is 1. The number of rotatable bonds is 7. The Labute approximate surface area is 157 Å². The first-order valence-corrected chi connectivity index (χ1v) is 8.41. The Hall–Kier alpha value is -3.61. The maximum Gasteiger partial charge on any atom is 0.269 e. The van der Waals surface area contributed by atoms with Crippen LogP contribution in [0.25, 0.3) is 6.08 Å². The van der Waals surface area contributed by atoms with Gasteiger partial charge in [0.15, 0.2) is 0 Å². The summed E-state index contributed by atoms with van der Waals surface area (Å²) in [7, 11) is 0. The largest absolute Gasteiger partial charge is 0.494 e. The summed E-state index contributed by atoms with van der Waals surface area (Å²) in [5, 5.41) is 2.43. The van der Waals surface area contributed by atoms with Gasteiger partial charge in [-0.2, -0.15) is 0 Å². The molecule has 2 aromatic carbocycles. The van der Waals surface area contributed by atoms with E-state index in [0.717, 1.165) is 5.56 Å². The quantitative estimate of drug-likeness (QED) is 0.512. The van der Waals surface area contributed by atoms with Gasteiger partial charge in [-0.25, -0.2) is 0 Å². The molecule has 0 heterocycles. The molecule has 0 spiro atoms. The Morgan fingerprint density at radius 1 is 0.963 bits per heavy atom. The Balaban J connectivity index is 1.71. The molecule has 0 unspecified atom stereocenters. The molecule has 0 fully saturated rings. The van der Waals surface area contributed by atoms with Crippen LogP contribution in [0.15, 0.2) is 60.7 Å². The van der Waals surface area contributed by atoms with Gasteiger partial charge in [0, 0.05) is 11.6 Å². The summed E-state index contributed by atoms with van der Waals surface area (Å²) in [6, 6.07) is 15.8. The van der Waals surface area contributed by atoms with Gasteiger partial charge in [0.25, 0.3) is 11.8 Å². The van der Waals surface area contributed by atoms with Gasteiger partial charge < -0.3 is 10.1 Å². The number of carbonyl (C=O) groups is 3. The number of nitrogens with one attached hydrogen (secondary N) is 3. The van der Waals surface area contributed by atoms with Gasteiger partial charge in [-0.1, -0.05) is 30.3 Å². The van der Waals surface area contributed by atoms with Crippen LogP contribution in [0, 0.1) is 0 Å². The molecular weight excluding hydrogens is 346 g/mol. The van der Waals surface area contributed by atoms with Crippen molar-refractivity contribution in [3.05, 3.63) is 71.8 Å². The molecule has 0 bridgehead atoms. The van der Waals surface area contributed by atoms with Crippen LogP contribution in [0.1, 0.15) is 22.8 Å². The molecule has 3 amide bonds. The van der Waals surface area contributed by atoms with Crippen molar-refractivity contribution < 1.29 is 19.1 Å². The van der Waals surface area contributed by atoms with Gasteiger partial charge in [-0.3, -0.25) is 25.2 Å². The molecule has 0 atom stereocenters. The predicted octanol–water partition coefficient (Wildman–Crippen LogP) is 1.68. The van der Waals surface area contributed by atoms with Gasteiger partial charge >= 0.3 is 0 Å². The third-order valence-corrected chi connectivity index (χ3v) is 3.39. The van der Waals surface area contributed by atoms with Gasteiger partial charge in [0.1, 0.15) is 5.75 Å². The highest BCUT2D eigenvalue weighted by Crippen LogP contribution is 2.11. The molecule has 0 aliphatic heterocycles. The minimum absolute atomic E-state index is 0.262. The standard InChI is InChI=1S/C20H21N3O4/c1-2-27-17-11-9-16(10-12-17)20(26)23-22-19(25)14-21-18(24)13-8-15-6-4-3-5-7-15/h3-13H,2,14H2,1H3,(H,21,24)(H,22,25)(H,23,26)/b13-8+. The predicted molar refractivity (Wildman–Crippen MR) is 102 cm³/mol. The van der Waals surface area contributed by atoms with Gasteiger partial charge in [0.05, 0.1) is 13.2 Å². The fourth-order valence-electron chi connectivity index (χ4n) is 2.07. The van der Waals surface area contributed by atoms with E-state index in [4.69, 9.17) is 4.74 Å². The van der Waals surface area contributed by atoms with E-state index in [9.17, 15) is 14.4 Å². The average Bonchev–Trinajstić information content (AvgIpc) is 2.70. The van der Waals surface area contributed by atoms with Crippen molar-refractivity contribution in [2.75, 3.05) is 13.2 Å². The van der Waals surface area contributed by atoms with Crippen LogP contribution in [0.3, 0.4) is 0 Å². The Morgan fingerprint density at radius 2 is 1.67 bits per heavy atom. The van der Waals surface area contributed by atoms with Gasteiger partial charge in [0.2, 0.25) is 5.91 Å². The maximum atomic E-state index is 12.0. The summed E-state index contributed by atoms with van der Waals surface area (Å²) in [6.45, 7) is 2.14. The minimum atomic E-state index is -0.546. The number of hydrogen-bond donors (Lipinski definition) is 3. The van der Waals surface area contributed by atoms with E-state index in [0.29, 0.717) is 17.9 Å². The lowest BCUT2D eigenvalue weighted by Gasteiger charge is -2.08. The second-order valence-electron chi connectivity index (χ2n) is 5.42. The van der Waals surface area contributed by atoms with E-state index in [1.54, 1.807) is 30.3 Å². The molecule has 7 nitrogen and oxygen atoms in total. The van der Waals surface area contributed by atoms with Crippen molar-refractivity contribution in [3.8, 4) is 5.75 Å². The fraction of sp³-hybridized carbons (Fsp3) is 0.150. The zero-order valence-corrected chi connectivity index (χ0v) is 14.9. The smallest absolute Gasteiger partial charge is 0.269 e. The minimum Gasteiger partial charge on any atom is -0.494 e. The maximum absolute atomic E-state index is 12.0. The first-order valence-electron chi connectivity index (χ1n) is 8.41. The Bertz CT molecular complexity index is 802. The van der Waals surface area contributed by atoms with E-state index < -0.39 is 17.7 Å². The van der Waals surface area contributed by atoms with Crippen LogP contribution in [-0.4, -0.2) is 30.9 Å². The van der Waals surface area contributed by atoms with E-state index in [1.165, 1.54) is 6.08 Å². The summed E-state index contributed by atoms with van der Waals surface area (Å²) in [4.78, 5) is 35.4. The van der Waals surface area contributed by atoms with Crippen LogP contribution in [0.5, 0.6) is 5.75 Å². The Morgan fingerprint density at radius 3 is 2.33 bits per heavy atom. The molecule has 140 valence electrons. The van der Waals surface area contributed by atoms with Gasteiger partial charge in [-0.15, -0.1) is 0 Å². The second kappa shape index (κ2) is 10.4. The van der Waals surface area contributed by atoms with Crippen molar-refractivity contribution in [2.45, 2.75) is 6.92 Å².